The Morgan fingerprint density at radius 3 is 2.68 bits per heavy atom. The Balaban J connectivity index is 2.35. The van der Waals surface area contributed by atoms with Crippen molar-refractivity contribution in [3.8, 4) is 0 Å². The van der Waals surface area contributed by atoms with Crippen molar-refractivity contribution in [3.63, 3.8) is 0 Å². The Kier molecular flexibility index (Phi) is 7.02. The smallest absolute Gasteiger partial charge is 0.201 e. The van der Waals surface area contributed by atoms with Crippen LogP contribution in [0.3, 0.4) is 0 Å². The van der Waals surface area contributed by atoms with Crippen LogP contribution in [0.15, 0.2) is 23.5 Å². The molecule has 1 aliphatic carbocycles. The summed E-state index contributed by atoms with van der Waals surface area (Å²) in [6.07, 6.45) is 1.12. The average molecular weight is 386 g/mol. The maximum Gasteiger partial charge on any atom is 0.201 e. The van der Waals surface area contributed by atoms with Crippen molar-refractivity contribution in [2.75, 3.05) is 27.3 Å². The summed E-state index contributed by atoms with van der Waals surface area (Å²) in [6.45, 7) is 1.66. The van der Waals surface area contributed by atoms with Crippen LogP contribution in [0.4, 0.5) is 0 Å². The van der Waals surface area contributed by atoms with Crippen LogP contribution >= 0.6 is 23.2 Å². The van der Waals surface area contributed by atoms with E-state index in [1.165, 1.54) is 6.07 Å². The number of aliphatic hydroxyl groups excluding tert-OH is 1. The van der Waals surface area contributed by atoms with Gasteiger partial charge in [-0.15, -0.1) is 0 Å². The highest BCUT2D eigenvalue weighted by molar-refractivity contribution is 6.40. The number of Topliss-reactive ketones (excluding diaryl/α,β-unsaturated/α-hetero) is 2. The number of hydrogen-bond donors (Lipinski definition) is 1. The van der Waals surface area contributed by atoms with E-state index in [1.807, 2.05) is 11.9 Å². The van der Waals surface area contributed by atoms with Gasteiger partial charge in [-0.05, 0) is 25.6 Å². The zero-order valence-electron chi connectivity index (χ0n) is 14.3. The monoisotopic (exact) mass is 385 g/mol. The highest BCUT2D eigenvalue weighted by Crippen LogP contribution is 2.32. The summed E-state index contributed by atoms with van der Waals surface area (Å²) in [5.41, 5.74) is 0.628. The lowest BCUT2D eigenvalue weighted by molar-refractivity contribution is -0.116. The summed E-state index contributed by atoms with van der Waals surface area (Å²) in [4.78, 5) is 26.8. The molecule has 0 aromatic heterocycles. The first-order valence-electron chi connectivity index (χ1n) is 8.01. The van der Waals surface area contributed by atoms with E-state index in [0.29, 0.717) is 43.1 Å². The zero-order valence-corrected chi connectivity index (χ0v) is 15.8. The second-order valence-electron chi connectivity index (χ2n) is 6.05. The molecular formula is C18H21Cl2NO4. The summed E-state index contributed by atoms with van der Waals surface area (Å²) in [5.74, 6) is -1.06. The minimum Gasteiger partial charge on any atom is -0.511 e. The van der Waals surface area contributed by atoms with Crippen molar-refractivity contribution in [2.45, 2.75) is 25.8 Å². The van der Waals surface area contributed by atoms with Gasteiger partial charge >= 0.3 is 0 Å². The standard InChI is InChI=1S/C18H21Cl2NO4/c1-21(8-9-25-2)10-12-13(19)7-6-11(17(12)20)18(24)16-14(22)4-3-5-15(16)23/h6-7,22H,3-5,8-10H2,1-2H3. The van der Waals surface area contributed by atoms with Crippen molar-refractivity contribution in [3.05, 3.63) is 44.6 Å². The molecule has 0 fully saturated rings. The number of carbonyl (C=O) groups is 2. The quantitative estimate of drug-likeness (QED) is 0.570. The average Bonchev–Trinajstić information content (AvgIpc) is 2.56. The largest absolute Gasteiger partial charge is 0.511 e. The molecule has 0 saturated carbocycles. The van der Waals surface area contributed by atoms with Crippen molar-refractivity contribution in [1.29, 1.82) is 0 Å². The van der Waals surface area contributed by atoms with Crippen LogP contribution in [0, 0.1) is 0 Å². The molecule has 7 heteroatoms. The lowest BCUT2D eigenvalue weighted by Crippen LogP contribution is -2.23. The first-order valence-corrected chi connectivity index (χ1v) is 8.76. The number of allylic oxidation sites excluding steroid dienone is 2. The minimum atomic E-state index is -0.551. The SMILES string of the molecule is COCCN(C)Cc1c(Cl)ccc(C(=O)C2=C(O)CCCC2=O)c1Cl. The lowest BCUT2D eigenvalue weighted by atomic mass is 9.90. The van der Waals surface area contributed by atoms with Crippen LogP contribution in [-0.4, -0.2) is 48.9 Å². The Morgan fingerprint density at radius 1 is 1.32 bits per heavy atom. The van der Waals surface area contributed by atoms with E-state index < -0.39 is 5.78 Å². The number of halogens is 2. The van der Waals surface area contributed by atoms with Crippen molar-refractivity contribution >= 4 is 34.8 Å². The number of likely N-dealkylation sites (N-methyl/N-ethyl adjacent to an activating group) is 1. The molecule has 2 rings (SSSR count). The van der Waals surface area contributed by atoms with E-state index in [-0.39, 0.29) is 34.1 Å². The number of rotatable bonds is 7. The van der Waals surface area contributed by atoms with Gasteiger partial charge in [0.25, 0.3) is 0 Å². The van der Waals surface area contributed by atoms with Gasteiger partial charge in [0.2, 0.25) is 5.78 Å². The summed E-state index contributed by atoms with van der Waals surface area (Å²) in [6, 6.07) is 3.08. The van der Waals surface area contributed by atoms with Crippen LogP contribution in [0.1, 0.15) is 35.2 Å². The van der Waals surface area contributed by atoms with Crippen LogP contribution < -0.4 is 0 Å². The molecule has 0 aliphatic heterocycles. The molecule has 0 saturated heterocycles. The van der Waals surface area contributed by atoms with E-state index >= 15 is 0 Å². The number of hydrogen-bond acceptors (Lipinski definition) is 5. The van der Waals surface area contributed by atoms with Crippen LogP contribution in [0.25, 0.3) is 0 Å². The first kappa shape index (κ1) is 19.9. The highest BCUT2D eigenvalue weighted by Gasteiger charge is 2.29. The predicted molar refractivity (Wildman–Crippen MR) is 97.5 cm³/mol. The van der Waals surface area contributed by atoms with Gasteiger partial charge in [-0.25, -0.2) is 0 Å². The number of aliphatic hydroxyl groups is 1. The van der Waals surface area contributed by atoms with E-state index in [1.54, 1.807) is 13.2 Å². The van der Waals surface area contributed by atoms with Gasteiger partial charge in [0.05, 0.1) is 11.6 Å². The third-order valence-electron chi connectivity index (χ3n) is 4.15. The first-order chi connectivity index (χ1) is 11.9. The molecule has 0 atom stereocenters. The Bertz CT molecular complexity index is 715. The zero-order chi connectivity index (χ0) is 18.6. The topological polar surface area (TPSA) is 66.8 Å². The van der Waals surface area contributed by atoms with Gasteiger partial charge in [-0.3, -0.25) is 14.5 Å². The molecule has 0 spiro atoms. The molecule has 1 aromatic rings. The third kappa shape index (κ3) is 4.61. The fraction of sp³-hybridized carbons (Fsp3) is 0.444. The molecule has 1 aliphatic rings. The van der Waals surface area contributed by atoms with Crippen LogP contribution in [0.2, 0.25) is 10.0 Å². The highest BCUT2D eigenvalue weighted by atomic mass is 35.5. The molecule has 0 unspecified atom stereocenters. The molecular weight excluding hydrogens is 365 g/mol. The number of ketones is 2. The van der Waals surface area contributed by atoms with E-state index in [0.717, 1.165) is 0 Å². The van der Waals surface area contributed by atoms with Gasteiger partial charge in [0, 0.05) is 49.2 Å². The molecule has 5 nitrogen and oxygen atoms in total. The van der Waals surface area contributed by atoms with Gasteiger partial charge < -0.3 is 9.84 Å². The Hall–Kier alpha value is -1.40. The Morgan fingerprint density at radius 2 is 2.04 bits per heavy atom. The maximum absolute atomic E-state index is 12.8. The minimum absolute atomic E-state index is 0.158. The molecule has 136 valence electrons. The fourth-order valence-corrected chi connectivity index (χ4v) is 3.31. The van der Waals surface area contributed by atoms with Gasteiger partial charge in [0.15, 0.2) is 5.78 Å². The summed E-state index contributed by atoms with van der Waals surface area (Å²) in [7, 11) is 3.51. The lowest BCUT2D eigenvalue weighted by Gasteiger charge is -2.20. The Labute approximate surface area is 157 Å². The molecule has 0 radical (unpaired) electrons. The fourth-order valence-electron chi connectivity index (χ4n) is 2.73. The van der Waals surface area contributed by atoms with E-state index in [9.17, 15) is 14.7 Å². The number of nitrogens with zero attached hydrogens (tertiary/aromatic N) is 1. The van der Waals surface area contributed by atoms with Crippen molar-refractivity contribution in [2.24, 2.45) is 0 Å². The van der Waals surface area contributed by atoms with Crippen molar-refractivity contribution in [1.82, 2.24) is 4.90 Å². The van der Waals surface area contributed by atoms with Crippen molar-refractivity contribution < 1.29 is 19.4 Å². The molecule has 25 heavy (non-hydrogen) atoms. The molecule has 0 heterocycles. The van der Waals surface area contributed by atoms with E-state index in [2.05, 4.69) is 0 Å². The summed E-state index contributed by atoms with van der Waals surface area (Å²) >= 11 is 12.7. The number of benzene rings is 1. The predicted octanol–water partition coefficient (Wildman–Crippen LogP) is 3.82. The molecule has 0 amide bonds. The normalized spacial score (nSPS) is 15.2. The molecule has 1 N–H and O–H groups in total. The second kappa shape index (κ2) is 8.81. The third-order valence-corrected chi connectivity index (χ3v) is 4.93. The summed E-state index contributed by atoms with van der Waals surface area (Å²) < 4.78 is 5.04. The number of methoxy groups -OCH3 is 1. The maximum atomic E-state index is 12.8. The van der Waals surface area contributed by atoms with Crippen LogP contribution in [0.5, 0.6) is 0 Å². The number of ether oxygens (including phenoxy) is 1. The van der Waals surface area contributed by atoms with Gasteiger partial charge in [-0.1, -0.05) is 23.2 Å². The number of carbonyl (C=O) groups excluding carboxylic acids is 2. The van der Waals surface area contributed by atoms with Crippen LogP contribution in [-0.2, 0) is 16.1 Å². The van der Waals surface area contributed by atoms with Gasteiger partial charge in [0.1, 0.15) is 11.3 Å². The molecule has 0 bridgehead atoms. The van der Waals surface area contributed by atoms with Gasteiger partial charge in [-0.2, -0.15) is 0 Å². The molecule has 1 aromatic carbocycles. The second-order valence-corrected chi connectivity index (χ2v) is 6.83. The summed E-state index contributed by atoms with van der Waals surface area (Å²) in [5, 5.41) is 10.6. The van der Waals surface area contributed by atoms with E-state index in [4.69, 9.17) is 27.9 Å².